The van der Waals surface area contributed by atoms with Crippen LogP contribution in [0, 0.1) is 6.92 Å². The summed E-state index contributed by atoms with van der Waals surface area (Å²) in [6, 6.07) is 21.9. The highest BCUT2D eigenvalue weighted by molar-refractivity contribution is 5.91. The average molecular weight is 418 g/mol. The topological polar surface area (TPSA) is 88.0 Å². The van der Waals surface area contributed by atoms with Gasteiger partial charge in [0, 0.05) is 30.9 Å². The monoisotopic (exact) mass is 417 g/mol. The van der Waals surface area contributed by atoms with Crippen LogP contribution < -0.4 is 16.0 Å². The van der Waals surface area contributed by atoms with E-state index in [1.807, 2.05) is 80.6 Å². The third-order valence-corrected chi connectivity index (χ3v) is 5.40. The molecule has 2 heterocycles. The van der Waals surface area contributed by atoms with E-state index in [1.54, 1.807) is 4.68 Å². The number of nitrogens with one attached hydrogen (secondary N) is 3. The largest absolute Gasteiger partial charge is 0.322 e. The first-order valence-electron chi connectivity index (χ1n) is 10.5. The minimum Gasteiger partial charge on any atom is -0.322 e. The van der Waals surface area contributed by atoms with E-state index in [1.165, 1.54) is 0 Å². The lowest BCUT2D eigenvalue weighted by atomic mass is 9.88. The fraction of sp³-hybridized carbons (Fsp3) is 0.292. The molecule has 31 heavy (non-hydrogen) atoms. The quantitative estimate of drug-likeness (QED) is 0.574. The van der Waals surface area contributed by atoms with Crippen molar-refractivity contribution in [3.8, 4) is 0 Å². The molecule has 0 spiro atoms. The normalized spacial score (nSPS) is 18.6. The molecule has 2 amide bonds. The second-order valence-electron chi connectivity index (χ2n) is 7.98. The maximum atomic E-state index is 13.1. The predicted octanol–water partition coefficient (Wildman–Crippen LogP) is 3.31. The number of amides is 2. The molecule has 1 fully saturated rings. The second-order valence-corrected chi connectivity index (χ2v) is 7.98. The molecule has 2 atom stereocenters. The van der Waals surface area contributed by atoms with Gasteiger partial charge < -0.3 is 10.6 Å². The average Bonchev–Trinajstić information content (AvgIpc) is 3.12. The van der Waals surface area contributed by atoms with Gasteiger partial charge in [-0.3, -0.25) is 14.9 Å². The Labute approximate surface area is 181 Å². The van der Waals surface area contributed by atoms with Gasteiger partial charge in [-0.05, 0) is 25.0 Å². The molecule has 3 aromatic rings. The number of carbonyl (C=O) groups is 2. The van der Waals surface area contributed by atoms with Gasteiger partial charge in [-0.2, -0.15) is 5.10 Å². The lowest BCUT2D eigenvalue weighted by Crippen LogP contribution is -2.52. The lowest BCUT2D eigenvalue weighted by molar-refractivity contribution is -0.125. The molecular formula is C24H27N5O2. The third-order valence-electron chi connectivity index (χ3n) is 5.40. The molecule has 4 rings (SSSR count). The van der Waals surface area contributed by atoms with E-state index in [4.69, 9.17) is 0 Å². The molecule has 1 saturated heterocycles. The van der Waals surface area contributed by atoms with Gasteiger partial charge in [0.15, 0.2) is 6.29 Å². The number of anilines is 1. The summed E-state index contributed by atoms with van der Waals surface area (Å²) < 4.78 is 1.63. The zero-order valence-corrected chi connectivity index (χ0v) is 17.7. The van der Waals surface area contributed by atoms with Crippen LogP contribution in [-0.2, 0) is 9.59 Å². The van der Waals surface area contributed by atoms with Crippen LogP contribution in [0.4, 0.5) is 5.82 Å². The minimum atomic E-state index is -0.501. The van der Waals surface area contributed by atoms with Gasteiger partial charge in [-0.15, -0.1) is 0 Å². The van der Waals surface area contributed by atoms with E-state index in [0.29, 0.717) is 18.7 Å². The van der Waals surface area contributed by atoms with Crippen LogP contribution in [0.25, 0.3) is 0 Å². The number of hydrogen-bond donors (Lipinski definition) is 3. The molecule has 3 N–H and O–H groups in total. The van der Waals surface area contributed by atoms with Crippen molar-refractivity contribution >= 4 is 17.6 Å². The number of aromatic nitrogens is 2. The molecule has 1 aliphatic rings. The zero-order valence-electron chi connectivity index (χ0n) is 17.7. The molecule has 0 saturated carbocycles. The van der Waals surface area contributed by atoms with Gasteiger partial charge in [0.05, 0.1) is 5.69 Å². The fourth-order valence-corrected chi connectivity index (χ4v) is 3.98. The van der Waals surface area contributed by atoms with E-state index in [9.17, 15) is 9.59 Å². The molecule has 1 aromatic heterocycles. The van der Waals surface area contributed by atoms with Crippen LogP contribution in [0.1, 0.15) is 48.8 Å². The van der Waals surface area contributed by atoms with Crippen molar-refractivity contribution in [3.63, 3.8) is 0 Å². The molecule has 0 bridgehead atoms. The van der Waals surface area contributed by atoms with Crippen molar-refractivity contribution in [3.05, 3.63) is 83.6 Å². The molecular weight excluding hydrogens is 390 g/mol. The Morgan fingerprint density at radius 1 is 1.13 bits per heavy atom. The van der Waals surface area contributed by atoms with Crippen LogP contribution in [-0.4, -0.2) is 27.6 Å². The van der Waals surface area contributed by atoms with Gasteiger partial charge in [0.2, 0.25) is 11.8 Å². The van der Waals surface area contributed by atoms with Crippen molar-refractivity contribution in [2.75, 3.05) is 5.32 Å². The number of aryl methyl sites for hydroxylation is 1. The Bertz CT molecular complexity index is 1010. The number of rotatable bonds is 6. The van der Waals surface area contributed by atoms with Gasteiger partial charge in [-0.1, -0.05) is 60.7 Å². The fourth-order valence-electron chi connectivity index (χ4n) is 3.98. The molecule has 7 heteroatoms. The van der Waals surface area contributed by atoms with Gasteiger partial charge in [0.25, 0.3) is 0 Å². The summed E-state index contributed by atoms with van der Waals surface area (Å²) >= 11 is 0. The summed E-state index contributed by atoms with van der Waals surface area (Å²) in [7, 11) is 0. The van der Waals surface area contributed by atoms with Crippen molar-refractivity contribution in [2.24, 2.45) is 0 Å². The summed E-state index contributed by atoms with van der Waals surface area (Å²) in [5, 5.41) is 13.7. The summed E-state index contributed by atoms with van der Waals surface area (Å²) in [4.78, 5) is 25.1. The number of nitrogens with zero attached hydrogens (tertiary/aromatic N) is 2. The van der Waals surface area contributed by atoms with Crippen LogP contribution in [0.15, 0.2) is 66.7 Å². The van der Waals surface area contributed by atoms with E-state index in [-0.39, 0.29) is 23.8 Å². The van der Waals surface area contributed by atoms with Gasteiger partial charge >= 0.3 is 0 Å². The smallest absolute Gasteiger partial charge is 0.226 e. The summed E-state index contributed by atoms with van der Waals surface area (Å²) in [5.74, 6) is 0.325. The highest BCUT2D eigenvalue weighted by Crippen LogP contribution is 2.28. The third kappa shape index (κ3) is 5.00. The van der Waals surface area contributed by atoms with Crippen molar-refractivity contribution < 1.29 is 9.59 Å². The predicted molar refractivity (Wildman–Crippen MR) is 119 cm³/mol. The molecule has 0 aliphatic carbocycles. The summed E-state index contributed by atoms with van der Waals surface area (Å²) in [6.45, 7) is 3.81. The maximum Gasteiger partial charge on any atom is 0.226 e. The number of benzene rings is 2. The van der Waals surface area contributed by atoms with Crippen molar-refractivity contribution in [1.82, 2.24) is 20.4 Å². The summed E-state index contributed by atoms with van der Waals surface area (Å²) in [6.07, 6.45) is 0.201. The first kappa shape index (κ1) is 20.8. The van der Waals surface area contributed by atoms with Gasteiger partial charge in [-0.25, -0.2) is 4.68 Å². The van der Waals surface area contributed by atoms with E-state index < -0.39 is 6.29 Å². The Balaban J connectivity index is 1.55. The Hall–Kier alpha value is -3.45. The molecule has 160 valence electrons. The number of hydrogen-bond acceptors (Lipinski definition) is 4. The Kier molecular flexibility index (Phi) is 6.13. The van der Waals surface area contributed by atoms with E-state index in [2.05, 4.69) is 21.0 Å². The SMILES string of the molecule is Cc1cc(NC(=O)CC(c2ccccc2)c2ccccc2)n(C2NC(=O)CC(C)N2)n1. The van der Waals surface area contributed by atoms with Crippen LogP contribution in [0.3, 0.4) is 0 Å². The Morgan fingerprint density at radius 2 is 1.74 bits per heavy atom. The van der Waals surface area contributed by atoms with Crippen LogP contribution in [0.5, 0.6) is 0 Å². The van der Waals surface area contributed by atoms with Crippen LogP contribution in [0.2, 0.25) is 0 Å². The highest BCUT2D eigenvalue weighted by atomic mass is 16.2. The first-order chi connectivity index (χ1) is 15.0. The lowest BCUT2D eigenvalue weighted by Gasteiger charge is -2.30. The second kappa shape index (κ2) is 9.14. The van der Waals surface area contributed by atoms with Crippen molar-refractivity contribution in [1.29, 1.82) is 0 Å². The minimum absolute atomic E-state index is 0.0207. The van der Waals surface area contributed by atoms with E-state index >= 15 is 0 Å². The molecule has 1 aliphatic heterocycles. The molecule has 7 nitrogen and oxygen atoms in total. The number of carbonyl (C=O) groups excluding carboxylic acids is 2. The first-order valence-corrected chi connectivity index (χ1v) is 10.5. The van der Waals surface area contributed by atoms with Gasteiger partial charge in [0.1, 0.15) is 5.82 Å². The van der Waals surface area contributed by atoms with E-state index in [0.717, 1.165) is 16.8 Å². The molecule has 0 radical (unpaired) electrons. The molecule has 2 aromatic carbocycles. The van der Waals surface area contributed by atoms with Crippen LogP contribution >= 0.6 is 0 Å². The van der Waals surface area contributed by atoms with Crippen molar-refractivity contribution in [2.45, 2.75) is 44.9 Å². The summed E-state index contributed by atoms with van der Waals surface area (Å²) in [5.41, 5.74) is 2.93. The highest BCUT2D eigenvalue weighted by Gasteiger charge is 2.27. The standard InChI is InChI=1S/C24H27N5O2/c1-16-14-22(30)27-24(25-16)29-21(13-17(2)28-29)26-23(31)15-20(18-9-5-3-6-10-18)19-11-7-4-8-12-19/h3-13,16,20,24-25H,14-15H2,1-2H3,(H,26,31)(H,27,30). The Morgan fingerprint density at radius 3 is 2.32 bits per heavy atom. The molecule has 2 unspecified atom stereocenters. The zero-order chi connectivity index (χ0) is 21.8. The maximum absolute atomic E-state index is 13.1.